The van der Waals surface area contributed by atoms with Crippen molar-refractivity contribution in [3.63, 3.8) is 0 Å². The number of ether oxygens (including phenoxy) is 1. The lowest BCUT2D eigenvalue weighted by Gasteiger charge is -2.08. The summed E-state index contributed by atoms with van der Waals surface area (Å²) in [7, 11) is 0. The van der Waals surface area contributed by atoms with Crippen LogP contribution in [-0.4, -0.2) is 30.6 Å². The highest BCUT2D eigenvalue weighted by molar-refractivity contribution is 7.17. The molecule has 1 fully saturated rings. The lowest BCUT2D eigenvalue weighted by molar-refractivity contribution is 0.0948. The number of nitrogens with zero attached hydrogens (tertiary/aromatic N) is 1. The number of hydrogen-bond acceptors (Lipinski definition) is 5. The molecule has 1 saturated heterocycles. The molecule has 5 nitrogen and oxygen atoms in total. The lowest BCUT2D eigenvalue weighted by atomic mass is 10.1. The van der Waals surface area contributed by atoms with E-state index in [0.29, 0.717) is 28.2 Å². The van der Waals surface area contributed by atoms with Gasteiger partial charge in [-0.3, -0.25) is 4.79 Å². The minimum Gasteiger partial charge on any atom is -0.381 e. The first-order valence-corrected chi connectivity index (χ1v) is 6.07. The molecule has 88 valence electrons. The third kappa shape index (κ3) is 2.51. The van der Waals surface area contributed by atoms with Crippen LogP contribution >= 0.6 is 11.3 Å². The summed E-state index contributed by atoms with van der Waals surface area (Å²) in [5.74, 6) is 0.355. The van der Waals surface area contributed by atoms with Crippen LogP contribution in [0.2, 0.25) is 0 Å². The minimum atomic E-state index is -0.0846. The SMILES string of the molecule is Cc1nc(N)sc1C(=O)NCC1CCOC1. The smallest absolute Gasteiger partial charge is 0.263 e. The van der Waals surface area contributed by atoms with E-state index in [4.69, 9.17) is 10.5 Å². The van der Waals surface area contributed by atoms with Gasteiger partial charge in [0.05, 0.1) is 12.3 Å². The van der Waals surface area contributed by atoms with Crippen molar-refractivity contribution in [2.45, 2.75) is 13.3 Å². The Kier molecular flexibility index (Phi) is 3.40. The van der Waals surface area contributed by atoms with E-state index in [1.165, 1.54) is 11.3 Å². The van der Waals surface area contributed by atoms with Gasteiger partial charge in [-0.05, 0) is 13.3 Å². The fourth-order valence-corrected chi connectivity index (χ4v) is 2.44. The van der Waals surface area contributed by atoms with Crippen LogP contribution in [0.5, 0.6) is 0 Å². The molecule has 6 heteroatoms. The first kappa shape index (κ1) is 11.3. The number of amides is 1. The first-order chi connectivity index (χ1) is 7.66. The molecule has 2 rings (SSSR count). The summed E-state index contributed by atoms with van der Waals surface area (Å²) in [6.45, 7) is 3.99. The number of carbonyl (C=O) groups is 1. The van der Waals surface area contributed by atoms with Crippen molar-refractivity contribution in [2.75, 3.05) is 25.5 Å². The molecule has 0 aromatic carbocycles. The molecule has 1 aromatic heterocycles. The standard InChI is InChI=1S/C10H15N3O2S/c1-6-8(16-10(11)13-6)9(14)12-4-7-2-3-15-5-7/h7H,2-5H2,1H3,(H2,11,13)(H,12,14). The van der Waals surface area contributed by atoms with Crippen molar-refractivity contribution in [3.8, 4) is 0 Å². The Bertz CT molecular complexity index is 385. The number of carbonyl (C=O) groups excluding carboxylic acids is 1. The summed E-state index contributed by atoms with van der Waals surface area (Å²) >= 11 is 1.23. The van der Waals surface area contributed by atoms with Gasteiger partial charge in [-0.25, -0.2) is 4.98 Å². The van der Waals surface area contributed by atoms with Crippen molar-refractivity contribution < 1.29 is 9.53 Å². The van der Waals surface area contributed by atoms with Crippen molar-refractivity contribution in [2.24, 2.45) is 5.92 Å². The highest BCUT2D eigenvalue weighted by atomic mass is 32.1. The molecular formula is C10H15N3O2S. The fraction of sp³-hybridized carbons (Fsp3) is 0.600. The van der Waals surface area contributed by atoms with Crippen LogP contribution in [0.15, 0.2) is 0 Å². The zero-order valence-corrected chi connectivity index (χ0v) is 9.97. The predicted octanol–water partition coefficient (Wildman–Crippen LogP) is 0.800. The monoisotopic (exact) mass is 241 g/mol. The minimum absolute atomic E-state index is 0.0846. The van der Waals surface area contributed by atoms with E-state index in [0.717, 1.165) is 19.6 Å². The van der Waals surface area contributed by atoms with E-state index in [1.54, 1.807) is 6.92 Å². The number of nitrogens with one attached hydrogen (secondary N) is 1. The molecule has 2 heterocycles. The number of thiazole rings is 1. The summed E-state index contributed by atoms with van der Waals surface area (Å²) in [5.41, 5.74) is 6.24. The van der Waals surface area contributed by atoms with Crippen LogP contribution in [-0.2, 0) is 4.74 Å². The molecule has 1 aliphatic heterocycles. The third-order valence-corrected chi connectivity index (χ3v) is 3.58. The molecule has 1 amide bonds. The number of aromatic nitrogens is 1. The number of rotatable bonds is 3. The van der Waals surface area contributed by atoms with Crippen molar-refractivity contribution in [3.05, 3.63) is 10.6 Å². The Morgan fingerprint density at radius 2 is 2.56 bits per heavy atom. The Morgan fingerprint density at radius 3 is 3.12 bits per heavy atom. The second kappa shape index (κ2) is 4.80. The zero-order chi connectivity index (χ0) is 11.5. The molecule has 16 heavy (non-hydrogen) atoms. The molecular weight excluding hydrogens is 226 g/mol. The highest BCUT2D eigenvalue weighted by Crippen LogP contribution is 2.19. The maximum atomic E-state index is 11.8. The van der Waals surface area contributed by atoms with Gasteiger partial charge in [0.25, 0.3) is 5.91 Å². The molecule has 0 saturated carbocycles. The van der Waals surface area contributed by atoms with E-state index >= 15 is 0 Å². The summed E-state index contributed by atoms with van der Waals surface area (Å²) in [6.07, 6.45) is 1.02. The molecule has 1 aliphatic rings. The molecule has 1 aromatic rings. The van der Waals surface area contributed by atoms with Gasteiger partial charge in [0.15, 0.2) is 5.13 Å². The molecule has 3 N–H and O–H groups in total. The molecule has 1 unspecified atom stereocenters. The summed E-state index contributed by atoms with van der Waals surface area (Å²) in [4.78, 5) is 16.4. The second-order valence-corrected chi connectivity index (χ2v) is 4.94. The Labute approximate surface area is 98.0 Å². The molecule has 0 spiro atoms. The summed E-state index contributed by atoms with van der Waals surface area (Å²) in [6, 6.07) is 0. The number of aryl methyl sites for hydroxylation is 1. The molecule has 0 aliphatic carbocycles. The lowest BCUT2D eigenvalue weighted by Crippen LogP contribution is -2.29. The van der Waals surface area contributed by atoms with Gasteiger partial charge in [-0.15, -0.1) is 0 Å². The maximum absolute atomic E-state index is 11.8. The van der Waals surface area contributed by atoms with Crippen LogP contribution in [0.1, 0.15) is 21.8 Å². The zero-order valence-electron chi connectivity index (χ0n) is 9.16. The van der Waals surface area contributed by atoms with Crippen molar-refractivity contribution in [1.82, 2.24) is 10.3 Å². The van der Waals surface area contributed by atoms with Gasteiger partial charge in [0.1, 0.15) is 4.88 Å². The summed E-state index contributed by atoms with van der Waals surface area (Å²) in [5, 5.41) is 3.33. The van der Waals surface area contributed by atoms with Gasteiger partial charge in [-0.2, -0.15) is 0 Å². The van der Waals surface area contributed by atoms with Crippen molar-refractivity contribution >= 4 is 22.4 Å². The van der Waals surface area contributed by atoms with Gasteiger partial charge in [-0.1, -0.05) is 11.3 Å². The van der Waals surface area contributed by atoms with Gasteiger partial charge in [0, 0.05) is 19.1 Å². The maximum Gasteiger partial charge on any atom is 0.263 e. The highest BCUT2D eigenvalue weighted by Gasteiger charge is 2.18. The quantitative estimate of drug-likeness (QED) is 0.820. The van der Waals surface area contributed by atoms with E-state index < -0.39 is 0 Å². The van der Waals surface area contributed by atoms with Gasteiger partial charge in [0.2, 0.25) is 0 Å². The average molecular weight is 241 g/mol. The van der Waals surface area contributed by atoms with Gasteiger partial charge < -0.3 is 15.8 Å². The normalized spacial score (nSPS) is 19.9. The topological polar surface area (TPSA) is 77.2 Å². The molecule has 1 atom stereocenters. The molecule has 0 radical (unpaired) electrons. The van der Waals surface area contributed by atoms with E-state index in [2.05, 4.69) is 10.3 Å². The predicted molar refractivity (Wildman–Crippen MR) is 62.5 cm³/mol. The Morgan fingerprint density at radius 1 is 1.75 bits per heavy atom. The third-order valence-electron chi connectivity index (χ3n) is 2.59. The second-order valence-electron chi connectivity index (χ2n) is 3.91. The number of anilines is 1. The van der Waals surface area contributed by atoms with E-state index in [1.807, 2.05) is 0 Å². The van der Waals surface area contributed by atoms with Crippen LogP contribution in [0, 0.1) is 12.8 Å². The van der Waals surface area contributed by atoms with E-state index in [-0.39, 0.29) is 5.91 Å². The number of nitrogens with two attached hydrogens (primary N) is 1. The van der Waals surface area contributed by atoms with Crippen LogP contribution in [0.25, 0.3) is 0 Å². The van der Waals surface area contributed by atoms with Crippen LogP contribution in [0.4, 0.5) is 5.13 Å². The Balaban J connectivity index is 1.90. The largest absolute Gasteiger partial charge is 0.381 e. The average Bonchev–Trinajstić information content (AvgIpc) is 2.84. The van der Waals surface area contributed by atoms with E-state index in [9.17, 15) is 4.79 Å². The number of nitrogen functional groups attached to an aromatic ring is 1. The molecule has 0 bridgehead atoms. The number of hydrogen-bond donors (Lipinski definition) is 2. The van der Waals surface area contributed by atoms with Crippen LogP contribution < -0.4 is 11.1 Å². The summed E-state index contributed by atoms with van der Waals surface area (Å²) < 4.78 is 5.24. The Hall–Kier alpha value is -1.14. The van der Waals surface area contributed by atoms with Crippen molar-refractivity contribution in [1.29, 1.82) is 0 Å². The van der Waals surface area contributed by atoms with Crippen LogP contribution in [0.3, 0.4) is 0 Å². The fourth-order valence-electron chi connectivity index (χ4n) is 1.69. The van der Waals surface area contributed by atoms with Gasteiger partial charge >= 0.3 is 0 Å². The first-order valence-electron chi connectivity index (χ1n) is 5.25.